The Kier molecular flexibility index (Phi) is 6.89. The number of hydrogen-bond donors (Lipinski definition) is 0. The Balaban J connectivity index is 1.89. The van der Waals surface area contributed by atoms with Crippen LogP contribution in [0, 0.1) is 6.92 Å². The van der Waals surface area contributed by atoms with E-state index in [0.29, 0.717) is 45.6 Å². The van der Waals surface area contributed by atoms with E-state index in [1.165, 1.54) is 44.2 Å². The van der Waals surface area contributed by atoms with Gasteiger partial charge in [0, 0.05) is 5.75 Å². The molecule has 0 unspecified atom stereocenters. The van der Waals surface area contributed by atoms with Crippen LogP contribution >= 0.6 is 11.8 Å². The molecular weight excluding hydrogens is 436 g/mol. The minimum Gasteiger partial charge on any atom is -0.493 e. The average molecular weight is 463 g/mol. The van der Waals surface area contributed by atoms with Gasteiger partial charge < -0.3 is 14.2 Å². The molecule has 0 fully saturated rings. The molecule has 0 saturated heterocycles. The maximum Gasteiger partial charge on any atom is 0.262 e. The Hall–Kier alpha value is -3.45. The molecule has 3 aromatic carbocycles. The molecule has 0 aliphatic rings. The largest absolute Gasteiger partial charge is 0.493 e. The van der Waals surface area contributed by atoms with Gasteiger partial charge in [-0.3, -0.25) is 9.36 Å². The molecule has 0 amide bonds. The molecule has 0 spiro atoms. The van der Waals surface area contributed by atoms with Gasteiger partial charge in [0.2, 0.25) is 5.75 Å². The van der Waals surface area contributed by atoms with Crippen molar-refractivity contribution in [3.8, 4) is 17.2 Å². The molecule has 7 heteroatoms. The molecule has 4 rings (SSSR count). The first-order valence-electron chi connectivity index (χ1n) is 10.5. The van der Waals surface area contributed by atoms with E-state index in [2.05, 4.69) is 25.1 Å². The summed E-state index contributed by atoms with van der Waals surface area (Å²) in [5.41, 5.74) is 3.68. The second-order valence-corrected chi connectivity index (χ2v) is 8.53. The van der Waals surface area contributed by atoms with E-state index in [-0.39, 0.29) is 5.56 Å². The fourth-order valence-corrected chi connectivity index (χ4v) is 4.70. The van der Waals surface area contributed by atoms with Crippen LogP contribution in [0.2, 0.25) is 0 Å². The fourth-order valence-electron chi connectivity index (χ4n) is 3.77. The van der Waals surface area contributed by atoms with Crippen molar-refractivity contribution in [2.24, 2.45) is 0 Å². The summed E-state index contributed by atoms with van der Waals surface area (Å²) in [5, 5.41) is 1.03. The normalized spacial score (nSPS) is 10.9. The Morgan fingerprint density at radius 1 is 0.879 bits per heavy atom. The number of benzene rings is 3. The van der Waals surface area contributed by atoms with Gasteiger partial charge in [-0.15, -0.1) is 0 Å². The Morgan fingerprint density at radius 2 is 1.61 bits per heavy atom. The fraction of sp³-hybridized carbons (Fsp3) is 0.231. The summed E-state index contributed by atoms with van der Waals surface area (Å²) in [7, 11) is 4.61. The third-order valence-corrected chi connectivity index (χ3v) is 6.40. The monoisotopic (exact) mass is 462 g/mol. The first-order chi connectivity index (χ1) is 16.0. The zero-order valence-electron chi connectivity index (χ0n) is 19.1. The molecular formula is C26H26N2O4S. The van der Waals surface area contributed by atoms with Crippen molar-refractivity contribution in [3.05, 3.63) is 87.7 Å². The van der Waals surface area contributed by atoms with Crippen LogP contribution in [0.5, 0.6) is 17.2 Å². The van der Waals surface area contributed by atoms with E-state index in [1.54, 1.807) is 10.6 Å². The maximum absolute atomic E-state index is 13.7. The zero-order valence-corrected chi connectivity index (χ0v) is 19.9. The Labute approximate surface area is 197 Å². The molecule has 0 saturated carbocycles. The van der Waals surface area contributed by atoms with Gasteiger partial charge in [-0.1, -0.05) is 71.9 Å². The summed E-state index contributed by atoms with van der Waals surface area (Å²) in [6, 6.07) is 19.9. The van der Waals surface area contributed by atoms with E-state index < -0.39 is 0 Å². The number of nitrogens with zero attached hydrogens (tertiary/aromatic N) is 2. The maximum atomic E-state index is 13.7. The highest BCUT2D eigenvalue weighted by molar-refractivity contribution is 7.98. The lowest BCUT2D eigenvalue weighted by atomic mass is 10.2. The van der Waals surface area contributed by atoms with Crippen LogP contribution in [0.3, 0.4) is 0 Å². The zero-order chi connectivity index (χ0) is 23.4. The molecule has 33 heavy (non-hydrogen) atoms. The van der Waals surface area contributed by atoms with Gasteiger partial charge in [-0.2, -0.15) is 0 Å². The lowest BCUT2D eigenvalue weighted by molar-refractivity contribution is 0.326. The molecule has 6 nitrogen and oxygen atoms in total. The van der Waals surface area contributed by atoms with Crippen molar-refractivity contribution in [1.29, 1.82) is 0 Å². The Morgan fingerprint density at radius 3 is 2.27 bits per heavy atom. The van der Waals surface area contributed by atoms with E-state index in [1.807, 2.05) is 36.4 Å². The molecule has 0 aliphatic heterocycles. The van der Waals surface area contributed by atoms with Crippen molar-refractivity contribution >= 4 is 22.7 Å². The SMILES string of the molecule is COc1cc2c(=O)n(Cc3ccccc3)c(SCc3cccc(C)c3)nc2c(OC)c1OC. The van der Waals surface area contributed by atoms with Crippen molar-refractivity contribution in [1.82, 2.24) is 9.55 Å². The van der Waals surface area contributed by atoms with Gasteiger partial charge in [0.05, 0.1) is 33.3 Å². The number of fused-ring (bicyclic) bond motifs is 1. The lowest BCUT2D eigenvalue weighted by Gasteiger charge is -2.17. The second-order valence-electron chi connectivity index (χ2n) is 7.59. The molecule has 4 aromatic rings. The van der Waals surface area contributed by atoms with Crippen LogP contribution in [-0.2, 0) is 12.3 Å². The minimum absolute atomic E-state index is 0.158. The summed E-state index contributed by atoms with van der Waals surface area (Å²) in [4.78, 5) is 18.6. The molecule has 170 valence electrons. The van der Waals surface area contributed by atoms with Crippen molar-refractivity contribution in [2.45, 2.75) is 24.4 Å². The third kappa shape index (κ3) is 4.68. The molecule has 0 bridgehead atoms. The first kappa shape index (κ1) is 22.7. The number of hydrogen-bond acceptors (Lipinski definition) is 6. The van der Waals surface area contributed by atoms with E-state index in [0.717, 1.165) is 5.56 Å². The smallest absolute Gasteiger partial charge is 0.262 e. The van der Waals surface area contributed by atoms with Crippen LogP contribution in [0.1, 0.15) is 16.7 Å². The standard InChI is InChI=1S/C26H26N2O4S/c1-17-9-8-12-19(13-17)16-33-26-27-22-20(14-21(30-2)23(31-3)24(22)32-4)25(29)28(26)15-18-10-6-5-7-11-18/h5-14H,15-16H2,1-4H3. The van der Waals surface area contributed by atoms with Crippen LogP contribution in [0.4, 0.5) is 0 Å². The summed E-state index contributed by atoms with van der Waals surface area (Å²) in [5.74, 6) is 1.90. The quantitative estimate of drug-likeness (QED) is 0.269. The van der Waals surface area contributed by atoms with Crippen LogP contribution in [0.25, 0.3) is 10.9 Å². The number of methoxy groups -OCH3 is 3. The highest BCUT2D eigenvalue weighted by atomic mass is 32.2. The predicted molar refractivity (Wildman–Crippen MR) is 132 cm³/mol. The van der Waals surface area contributed by atoms with Gasteiger partial charge in [0.15, 0.2) is 16.7 Å². The van der Waals surface area contributed by atoms with Gasteiger partial charge in [0.1, 0.15) is 5.52 Å². The number of aromatic nitrogens is 2. The average Bonchev–Trinajstić information content (AvgIpc) is 2.84. The minimum atomic E-state index is -0.158. The van der Waals surface area contributed by atoms with E-state index in [4.69, 9.17) is 19.2 Å². The van der Waals surface area contributed by atoms with Crippen molar-refractivity contribution in [2.75, 3.05) is 21.3 Å². The predicted octanol–water partition coefficient (Wildman–Crippen LogP) is 5.07. The molecule has 0 radical (unpaired) electrons. The number of rotatable bonds is 8. The van der Waals surface area contributed by atoms with Crippen LogP contribution < -0.4 is 19.8 Å². The molecule has 0 atom stereocenters. The van der Waals surface area contributed by atoms with Gasteiger partial charge in [-0.05, 0) is 24.1 Å². The summed E-state index contributed by atoms with van der Waals surface area (Å²) in [6.07, 6.45) is 0. The topological polar surface area (TPSA) is 62.6 Å². The van der Waals surface area contributed by atoms with E-state index >= 15 is 0 Å². The van der Waals surface area contributed by atoms with Crippen LogP contribution in [0.15, 0.2) is 70.6 Å². The van der Waals surface area contributed by atoms with Gasteiger partial charge >= 0.3 is 0 Å². The Bertz CT molecular complexity index is 1340. The molecule has 0 N–H and O–H groups in total. The second kappa shape index (κ2) is 10.0. The summed E-state index contributed by atoms with van der Waals surface area (Å²) in [6.45, 7) is 2.48. The van der Waals surface area contributed by atoms with Gasteiger partial charge in [0.25, 0.3) is 5.56 Å². The highest BCUT2D eigenvalue weighted by Gasteiger charge is 2.22. The summed E-state index contributed by atoms with van der Waals surface area (Å²) >= 11 is 1.52. The number of aryl methyl sites for hydroxylation is 1. The van der Waals surface area contributed by atoms with Crippen molar-refractivity contribution in [3.63, 3.8) is 0 Å². The molecule has 1 heterocycles. The highest BCUT2D eigenvalue weighted by Crippen LogP contribution is 2.42. The number of thioether (sulfide) groups is 1. The summed E-state index contributed by atoms with van der Waals surface area (Å²) < 4.78 is 18.3. The van der Waals surface area contributed by atoms with E-state index in [9.17, 15) is 4.79 Å². The lowest BCUT2D eigenvalue weighted by Crippen LogP contribution is -2.24. The molecule has 1 aromatic heterocycles. The molecule has 0 aliphatic carbocycles. The van der Waals surface area contributed by atoms with Crippen LogP contribution in [-0.4, -0.2) is 30.9 Å². The first-order valence-corrected chi connectivity index (χ1v) is 11.5. The van der Waals surface area contributed by atoms with Crippen molar-refractivity contribution < 1.29 is 14.2 Å². The third-order valence-electron chi connectivity index (χ3n) is 5.35. The number of ether oxygens (including phenoxy) is 3. The van der Waals surface area contributed by atoms with Gasteiger partial charge in [-0.25, -0.2) is 4.98 Å².